The van der Waals surface area contributed by atoms with Gasteiger partial charge in [0.1, 0.15) is 10.7 Å². The zero-order valence-corrected chi connectivity index (χ0v) is 23.0. The number of anilines is 2. The Bertz CT molecular complexity index is 1490. The van der Waals surface area contributed by atoms with Crippen molar-refractivity contribution in [2.24, 2.45) is 0 Å². The minimum absolute atomic E-state index is 0.112. The Kier molecular flexibility index (Phi) is 8.60. The van der Waals surface area contributed by atoms with Gasteiger partial charge in [-0.1, -0.05) is 40.9 Å². The summed E-state index contributed by atoms with van der Waals surface area (Å²) in [7, 11) is 0. The molecule has 3 amide bonds. The van der Waals surface area contributed by atoms with Crippen molar-refractivity contribution in [2.75, 3.05) is 10.2 Å². The molecule has 8 nitrogen and oxygen atoms in total. The van der Waals surface area contributed by atoms with Gasteiger partial charge in [-0.3, -0.25) is 14.4 Å². The van der Waals surface area contributed by atoms with E-state index in [9.17, 15) is 19.2 Å². The Morgan fingerprint density at radius 2 is 1.51 bits per heavy atom. The molecule has 0 unspecified atom stereocenters. The number of nitrogens with one attached hydrogen (secondary N) is 2. The number of rotatable bonds is 8. The number of amides is 3. The Balaban J connectivity index is 1.41. The van der Waals surface area contributed by atoms with Gasteiger partial charge in [0.25, 0.3) is 17.7 Å². The third-order valence-corrected chi connectivity index (χ3v) is 6.54. The Hall–Kier alpha value is -3.85. The first-order valence-corrected chi connectivity index (χ1v) is 12.9. The summed E-state index contributed by atoms with van der Waals surface area (Å²) in [6.45, 7) is 3.68. The maximum absolute atomic E-state index is 13.1. The van der Waals surface area contributed by atoms with Gasteiger partial charge >= 0.3 is 5.97 Å². The first kappa shape index (κ1) is 28.2. The van der Waals surface area contributed by atoms with Crippen LogP contribution < -0.4 is 15.5 Å². The molecule has 3 aromatic carbocycles. The summed E-state index contributed by atoms with van der Waals surface area (Å²) in [6, 6.07) is 17.1. The van der Waals surface area contributed by atoms with E-state index in [0.29, 0.717) is 26.9 Å². The SMILES string of the molecule is CC(C)OC(=O)c1ccc(N2C(=O)C(Cl)=C(Nc3ccc(C(=O)NCc4ccc(Cl)cc4Cl)cc3)C2=O)cc1. The van der Waals surface area contributed by atoms with Gasteiger partial charge in [-0.2, -0.15) is 0 Å². The van der Waals surface area contributed by atoms with Crippen LogP contribution in [0.5, 0.6) is 0 Å². The molecule has 0 spiro atoms. The number of hydrogen-bond acceptors (Lipinski definition) is 6. The highest BCUT2D eigenvalue weighted by atomic mass is 35.5. The third-order valence-electron chi connectivity index (χ3n) is 5.60. The molecule has 4 rings (SSSR count). The molecule has 0 saturated carbocycles. The number of ether oxygens (including phenoxy) is 1. The molecule has 200 valence electrons. The zero-order valence-electron chi connectivity index (χ0n) is 20.8. The van der Waals surface area contributed by atoms with Gasteiger partial charge in [-0.05, 0) is 80.1 Å². The molecule has 0 atom stereocenters. The van der Waals surface area contributed by atoms with E-state index in [1.54, 1.807) is 56.3 Å². The van der Waals surface area contributed by atoms with Crippen molar-refractivity contribution in [1.82, 2.24) is 5.32 Å². The van der Waals surface area contributed by atoms with Gasteiger partial charge in [0.05, 0.1) is 17.4 Å². The van der Waals surface area contributed by atoms with Crippen molar-refractivity contribution in [1.29, 1.82) is 0 Å². The van der Waals surface area contributed by atoms with Gasteiger partial charge < -0.3 is 15.4 Å². The molecule has 2 N–H and O–H groups in total. The fourth-order valence-electron chi connectivity index (χ4n) is 3.67. The van der Waals surface area contributed by atoms with Crippen molar-refractivity contribution >= 4 is 69.9 Å². The topological polar surface area (TPSA) is 105 Å². The minimum Gasteiger partial charge on any atom is -0.459 e. The van der Waals surface area contributed by atoms with Crippen molar-refractivity contribution in [3.8, 4) is 0 Å². The second-order valence-corrected chi connectivity index (χ2v) is 9.98. The second kappa shape index (κ2) is 11.9. The molecular formula is C28H22Cl3N3O5. The summed E-state index contributed by atoms with van der Waals surface area (Å²) in [6.07, 6.45) is -0.285. The molecule has 3 aromatic rings. The van der Waals surface area contributed by atoms with Gasteiger partial charge in [0, 0.05) is 27.8 Å². The lowest BCUT2D eigenvalue weighted by Gasteiger charge is -2.16. The molecule has 0 fully saturated rings. The molecule has 0 bridgehead atoms. The largest absolute Gasteiger partial charge is 0.459 e. The van der Waals surface area contributed by atoms with E-state index in [1.807, 2.05) is 0 Å². The molecule has 0 radical (unpaired) electrons. The lowest BCUT2D eigenvalue weighted by Crippen LogP contribution is -2.32. The molecule has 1 aliphatic heterocycles. The summed E-state index contributed by atoms with van der Waals surface area (Å²) in [5, 5.41) is 6.30. The van der Waals surface area contributed by atoms with E-state index < -0.39 is 17.8 Å². The average Bonchev–Trinajstić information content (AvgIpc) is 3.11. The van der Waals surface area contributed by atoms with E-state index in [0.717, 1.165) is 4.90 Å². The molecule has 0 aliphatic carbocycles. The lowest BCUT2D eigenvalue weighted by molar-refractivity contribution is -0.120. The smallest absolute Gasteiger partial charge is 0.338 e. The Morgan fingerprint density at radius 3 is 2.13 bits per heavy atom. The highest BCUT2D eigenvalue weighted by molar-refractivity contribution is 6.53. The summed E-state index contributed by atoms with van der Waals surface area (Å²) >= 11 is 18.3. The van der Waals surface area contributed by atoms with Crippen molar-refractivity contribution in [3.05, 3.63) is 104 Å². The van der Waals surface area contributed by atoms with E-state index in [1.165, 1.54) is 24.3 Å². The molecular weight excluding hydrogens is 565 g/mol. The molecule has 1 heterocycles. The number of hydrogen-bond donors (Lipinski definition) is 2. The third kappa shape index (κ3) is 6.42. The monoisotopic (exact) mass is 585 g/mol. The van der Waals surface area contributed by atoms with Crippen molar-refractivity contribution in [2.45, 2.75) is 26.5 Å². The number of halogens is 3. The van der Waals surface area contributed by atoms with Crippen LogP contribution in [0.1, 0.15) is 40.1 Å². The number of carbonyl (C=O) groups is 4. The number of nitrogens with zero attached hydrogens (tertiary/aromatic N) is 1. The van der Waals surface area contributed by atoms with Crippen LogP contribution in [0.15, 0.2) is 77.5 Å². The summed E-state index contributed by atoms with van der Waals surface area (Å²) in [5.41, 5.74) is 1.94. The maximum Gasteiger partial charge on any atom is 0.338 e. The van der Waals surface area contributed by atoms with E-state index in [-0.39, 0.29) is 40.5 Å². The maximum atomic E-state index is 13.1. The molecule has 0 aromatic heterocycles. The summed E-state index contributed by atoms with van der Waals surface area (Å²) < 4.78 is 5.15. The van der Waals surface area contributed by atoms with Gasteiger partial charge in [0.15, 0.2) is 0 Å². The first-order valence-electron chi connectivity index (χ1n) is 11.7. The van der Waals surface area contributed by atoms with Crippen molar-refractivity contribution < 1.29 is 23.9 Å². The van der Waals surface area contributed by atoms with Crippen LogP contribution in [0.25, 0.3) is 0 Å². The zero-order chi connectivity index (χ0) is 28.3. The molecule has 1 aliphatic rings. The standard InChI is InChI=1S/C28H22Cl3N3O5/c1-15(2)39-28(38)17-6-11-21(12-7-17)34-26(36)23(31)24(27(34)37)33-20-9-4-16(5-10-20)25(35)32-14-18-3-8-19(29)13-22(18)30/h3-13,15,33H,14H2,1-2H3,(H,32,35). The van der Waals surface area contributed by atoms with Gasteiger partial charge in [-0.25, -0.2) is 9.69 Å². The Labute approximate surface area is 239 Å². The van der Waals surface area contributed by atoms with Crippen LogP contribution in [0.3, 0.4) is 0 Å². The molecule has 0 saturated heterocycles. The fourth-order valence-corrected chi connectivity index (χ4v) is 4.35. The quantitative estimate of drug-likeness (QED) is 0.251. The Morgan fingerprint density at radius 1 is 0.872 bits per heavy atom. The van der Waals surface area contributed by atoms with Crippen LogP contribution >= 0.6 is 34.8 Å². The molecule has 11 heteroatoms. The summed E-state index contributed by atoms with van der Waals surface area (Å²) in [4.78, 5) is 51.4. The van der Waals surface area contributed by atoms with Gasteiger partial charge in [0.2, 0.25) is 0 Å². The van der Waals surface area contributed by atoms with Crippen LogP contribution in [0.4, 0.5) is 11.4 Å². The van der Waals surface area contributed by atoms with Crippen LogP contribution in [-0.4, -0.2) is 29.8 Å². The van der Waals surface area contributed by atoms with Crippen molar-refractivity contribution in [3.63, 3.8) is 0 Å². The average molecular weight is 587 g/mol. The van der Waals surface area contributed by atoms with E-state index in [4.69, 9.17) is 39.5 Å². The number of carbonyl (C=O) groups excluding carboxylic acids is 4. The predicted molar refractivity (Wildman–Crippen MR) is 150 cm³/mol. The highest BCUT2D eigenvalue weighted by Gasteiger charge is 2.39. The van der Waals surface area contributed by atoms with E-state index in [2.05, 4.69) is 10.6 Å². The minimum atomic E-state index is -0.710. The highest BCUT2D eigenvalue weighted by Crippen LogP contribution is 2.30. The second-order valence-electron chi connectivity index (χ2n) is 8.76. The van der Waals surface area contributed by atoms with Gasteiger partial charge in [-0.15, -0.1) is 0 Å². The van der Waals surface area contributed by atoms with Crippen LogP contribution in [-0.2, 0) is 20.9 Å². The van der Waals surface area contributed by atoms with E-state index >= 15 is 0 Å². The number of imide groups is 1. The van der Waals surface area contributed by atoms with Crippen LogP contribution in [0.2, 0.25) is 10.0 Å². The lowest BCUT2D eigenvalue weighted by atomic mass is 10.1. The normalized spacial score (nSPS) is 13.2. The summed E-state index contributed by atoms with van der Waals surface area (Å²) in [5.74, 6) is -2.22. The first-order chi connectivity index (χ1) is 18.5. The number of benzene rings is 3. The predicted octanol–water partition coefficient (Wildman–Crippen LogP) is 5.92. The number of esters is 1. The van der Waals surface area contributed by atoms with Crippen LogP contribution in [0, 0.1) is 0 Å². The molecule has 39 heavy (non-hydrogen) atoms. The fraction of sp³-hybridized carbons (Fsp3) is 0.143.